The van der Waals surface area contributed by atoms with Crippen LogP contribution < -0.4 is 5.32 Å². The van der Waals surface area contributed by atoms with Crippen LogP contribution in [0.1, 0.15) is 16.8 Å². The number of esters is 1. The summed E-state index contributed by atoms with van der Waals surface area (Å²) in [7, 11) is 0. The number of nitrogens with zero attached hydrogens (tertiary/aromatic N) is 2. The molecule has 1 N–H and O–H groups in total. The summed E-state index contributed by atoms with van der Waals surface area (Å²) in [5.74, 6) is -0.836. The molecule has 7 heteroatoms. The number of hydrogen-bond acceptors (Lipinski definition) is 5. The molecule has 0 saturated heterocycles. The van der Waals surface area contributed by atoms with E-state index in [0.717, 1.165) is 21.8 Å². The number of anilines is 1. The number of thiazole rings is 1. The molecule has 3 rings (SSSR count). The van der Waals surface area contributed by atoms with Crippen molar-refractivity contribution in [1.29, 1.82) is 0 Å². The van der Waals surface area contributed by atoms with Gasteiger partial charge in [-0.3, -0.25) is 14.0 Å². The van der Waals surface area contributed by atoms with Crippen molar-refractivity contribution in [2.75, 3.05) is 11.9 Å². The number of fused-ring (bicyclic) bond motifs is 1. The molecule has 2 aromatic heterocycles. The minimum Gasteiger partial charge on any atom is -0.455 e. The van der Waals surface area contributed by atoms with Crippen LogP contribution in [0.2, 0.25) is 0 Å². The number of rotatable bonds is 5. The maximum atomic E-state index is 11.9. The first kappa shape index (κ1) is 16.2. The van der Waals surface area contributed by atoms with Crippen LogP contribution in [0.15, 0.2) is 36.0 Å². The smallest absolute Gasteiger partial charge is 0.312 e. The third-order valence-electron chi connectivity index (χ3n) is 3.49. The molecule has 124 valence electrons. The summed E-state index contributed by atoms with van der Waals surface area (Å²) in [6.45, 7) is 3.59. The molecule has 0 atom stereocenters. The molecule has 1 aromatic carbocycles. The number of amides is 1. The first-order chi connectivity index (χ1) is 11.5. The molecule has 1 amide bonds. The van der Waals surface area contributed by atoms with Gasteiger partial charge in [-0.1, -0.05) is 17.7 Å². The zero-order valence-corrected chi connectivity index (χ0v) is 14.2. The van der Waals surface area contributed by atoms with Gasteiger partial charge in [0.05, 0.1) is 12.1 Å². The van der Waals surface area contributed by atoms with Crippen molar-refractivity contribution >= 4 is 33.9 Å². The van der Waals surface area contributed by atoms with Gasteiger partial charge in [0.2, 0.25) is 0 Å². The van der Waals surface area contributed by atoms with E-state index in [1.807, 2.05) is 48.0 Å². The Labute approximate surface area is 143 Å². The molecule has 0 unspecified atom stereocenters. The van der Waals surface area contributed by atoms with Gasteiger partial charge in [-0.2, -0.15) is 0 Å². The number of benzene rings is 1. The van der Waals surface area contributed by atoms with Crippen LogP contribution in [-0.4, -0.2) is 27.9 Å². The van der Waals surface area contributed by atoms with E-state index < -0.39 is 5.97 Å². The number of carbonyl (C=O) groups is 2. The number of nitrogens with one attached hydrogen (secondary N) is 1. The Hall–Kier alpha value is -2.67. The summed E-state index contributed by atoms with van der Waals surface area (Å²) >= 11 is 1.49. The highest BCUT2D eigenvalue weighted by molar-refractivity contribution is 7.15. The molecule has 0 fully saturated rings. The average Bonchev–Trinajstić information content (AvgIpc) is 3.09. The summed E-state index contributed by atoms with van der Waals surface area (Å²) in [5.41, 5.74) is 3.43. The maximum absolute atomic E-state index is 11.9. The topological polar surface area (TPSA) is 72.7 Å². The third kappa shape index (κ3) is 3.80. The summed E-state index contributed by atoms with van der Waals surface area (Å²) in [6.07, 6.45) is 3.70. The van der Waals surface area contributed by atoms with Gasteiger partial charge < -0.3 is 10.1 Å². The largest absolute Gasteiger partial charge is 0.455 e. The van der Waals surface area contributed by atoms with Crippen molar-refractivity contribution in [3.05, 3.63) is 52.8 Å². The Morgan fingerprint density at radius 2 is 2.17 bits per heavy atom. The average molecular weight is 343 g/mol. The number of carbonyl (C=O) groups excluding carboxylic acids is 2. The quantitative estimate of drug-likeness (QED) is 0.723. The molecule has 24 heavy (non-hydrogen) atoms. The van der Waals surface area contributed by atoms with E-state index >= 15 is 0 Å². The van der Waals surface area contributed by atoms with Crippen LogP contribution in [0, 0.1) is 13.8 Å². The second-order valence-corrected chi connectivity index (χ2v) is 6.40. The van der Waals surface area contributed by atoms with Crippen molar-refractivity contribution < 1.29 is 14.3 Å². The van der Waals surface area contributed by atoms with Crippen LogP contribution in [0.25, 0.3) is 4.96 Å². The number of aryl methyl sites for hydroxylation is 2. The highest BCUT2D eigenvalue weighted by Gasteiger charge is 2.12. The minimum atomic E-state index is -0.475. The van der Waals surface area contributed by atoms with Crippen LogP contribution in [-0.2, 0) is 20.7 Å². The van der Waals surface area contributed by atoms with Crippen LogP contribution in [0.5, 0.6) is 0 Å². The molecule has 0 spiro atoms. The Kier molecular flexibility index (Phi) is 4.61. The molecule has 0 radical (unpaired) electrons. The molecule has 0 bridgehead atoms. The lowest BCUT2D eigenvalue weighted by molar-refractivity contribution is -0.146. The van der Waals surface area contributed by atoms with Gasteiger partial charge in [0.25, 0.3) is 5.91 Å². The lowest BCUT2D eigenvalue weighted by Gasteiger charge is -2.09. The van der Waals surface area contributed by atoms with E-state index in [4.69, 9.17) is 4.74 Å². The van der Waals surface area contributed by atoms with Crippen molar-refractivity contribution in [3.63, 3.8) is 0 Å². The van der Waals surface area contributed by atoms with E-state index in [1.165, 1.54) is 11.3 Å². The first-order valence-electron chi connectivity index (χ1n) is 7.45. The van der Waals surface area contributed by atoms with Gasteiger partial charge in [0.15, 0.2) is 11.6 Å². The fraction of sp³-hybridized carbons (Fsp3) is 0.235. The summed E-state index contributed by atoms with van der Waals surface area (Å²) in [4.78, 5) is 28.9. The van der Waals surface area contributed by atoms with Gasteiger partial charge >= 0.3 is 5.97 Å². The lowest BCUT2D eigenvalue weighted by Crippen LogP contribution is -2.22. The van der Waals surface area contributed by atoms with Crippen LogP contribution >= 0.6 is 11.3 Å². The molecule has 0 aliphatic heterocycles. The number of ether oxygens (including phenoxy) is 1. The molecule has 0 saturated carbocycles. The molecular formula is C17H17N3O3S. The first-order valence-corrected chi connectivity index (χ1v) is 8.33. The van der Waals surface area contributed by atoms with Crippen LogP contribution in [0.3, 0.4) is 0 Å². The zero-order chi connectivity index (χ0) is 17.1. The van der Waals surface area contributed by atoms with Crippen molar-refractivity contribution in [1.82, 2.24) is 9.38 Å². The summed E-state index contributed by atoms with van der Waals surface area (Å²) in [6, 6.07) is 5.73. The maximum Gasteiger partial charge on any atom is 0.312 e. The van der Waals surface area contributed by atoms with E-state index in [1.54, 1.807) is 6.20 Å². The highest BCUT2D eigenvalue weighted by Crippen LogP contribution is 2.16. The standard InChI is InChI=1S/C17H17N3O3S/c1-11-3-4-14(12(2)7-11)19-15(21)10-23-16(22)8-13-9-20-5-6-24-17(20)18-13/h3-7,9H,8,10H2,1-2H3,(H,19,21). The van der Waals surface area contributed by atoms with Gasteiger partial charge in [-0.25, -0.2) is 4.98 Å². The van der Waals surface area contributed by atoms with Gasteiger partial charge in [0, 0.05) is 23.5 Å². The second kappa shape index (κ2) is 6.84. The van der Waals surface area contributed by atoms with Gasteiger partial charge in [-0.15, -0.1) is 11.3 Å². The van der Waals surface area contributed by atoms with E-state index in [9.17, 15) is 9.59 Å². The minimum absolute atomic E-state index is 0.0469. The number of hydrogen-bond donors (Lipinski definition) is 1. The Balaban J connectivity index is 1.50. The fourth-order valence-electron chi connectivity index (χ4n) is 2.35. The van der Waals surface area contributed by atoms with Gasteiger partial charge in [-0.05, 0) is 25.5 Å². The van der Waals surface area contributed by atoms with Crippen molar-refractivity contribution in [2.24, 2.45) is 0 Å². The third-order valence-corrected chi connectivity index (χ3v) is 4.26. The van der Waals surface area contributed by atoms with E-state index in [-0.39, 0.29) is 18.9 Å². The second-order valence-electron chi connectivity index (χ2n) is 5.53. The molecular weight excluding hydrogens is 326 g/mol. The number of aromatic nitrogens is 2. The summed E-state index contributed by atoms with van der Waals surface area (Å²) < 4.78 is 6.87. The molecule has 2 heterocycles. The zero-order valence-electron chi connectivity index (χ0n) is 13.4. The molecule has 6 nitrogen and oxygen atoms in total. The monoisotopic (exact) mass is 343 g/mol. The SMILES string of the molecule is Cc1ccc(NC(=O)COC(=O)Cc2cn3ccsc3n2)c(C)c1. The predicted molar refractivity (Wildman–Crippen MR) is 92.3 cm³/mol. The van der Waals surface area contributed by atoms with Crippen molar-refractivity contribution in [3.8, 4) is 0 Å². The Morgan fingerprint density at radius 1 is 1.33 bits per heavy atom. The molecule has 3 aromatic rings. The molecule has 0 aliphatic rings. The Morgan fingerprint density at radius 3 is 2.92 bits per heavy atom. The van der Waals surface area contributed by atoms with E-state index in [2.05, 4.69) is 10.3 Å². The van der Waals surface area contributed by atoms with Gasteiger partial charge in [0.1, 0.15) is 0 Å². The van der Waals surface area contributed by atoms with Crippen LogP contribution in [0.4, 0.5) is 5.69 Å². The Bertz CT molecular complexity index is 869. The highest BCUT2D eigenvalue weighted by atomic mass is 32.1. The normalized spacial score (nSPS) is 10.8. The fourth-order valence-corrected chi connectivity index (χ4v) is 3.07. The summed E-state index contributed by atoms with van der Waals surface area (Å²) in [5, 5.41) is 4.66. The van der Waals surface area contributed by atoms with E-state index in [0.29, 0.717) is 5.69 Å². The predicted octanol–water partition coefficient (Wildman–Crippen LogP) is 2.74. The molecule has 0 aliphatic carbocycles. The van der Waals surface area contributed by atoms with Crippen molar-refractivity contribution in [2.45, 2.75) is 20.3 Å². The lowest BCUT2D eigenvalue weighted by atomic mass is 10.1. The number of imidazole rings is 1.